The van der Waals surface area contributed by atoms with Crippen LogP contribution in [0.25, 0.3) is 20.9 Å². The second-order valence-corrected chi connectivity index (χ2v) is 12.6. The Labute approximate surface area is 267 Å². The van der Waals surface area contributed by atoms with E-state index in [0.717, 1.165) is 84.0 Å². The maximum atomic E-state index is 13.7. The molecule has 0 bridgehead atoms. The molecule has 2 aliphatic rings. The molecule has 0 radical (unpaired) electrons. The van der Waals surface area contributed by atoms with E-state index in [1.807, 2.05) is 24.3 Å². The van der Waals surface area contributed by atoms with Crippen molar-refractivity contribution in [3.63, 3.8) is 0 Å². The summed E-state index contributed by atoms with van der Waals surface area (Å²) in [6, 6.07) is 14.9. The predicted molar refractivity (Wildman–Crippen MR) is 176 cm³/mol. The molecule has 45 heavy (non-hydrogen) atoms. The van der Waals surface area contributed by atoms with Crippen molar-refractivity contribution in [2.24, 2.45) is 0 Å². The number of urea groups is 1. The minimum atomic E-state index is -0.842. The zero-order valence-electron chi connectivity index (χ0n) is 24.7. The van der Waals surface area contributed by atoms with Gasteiger partial charge in [-0.1, -0.05) is 40.9 Å². The number of methoxy groups -OCH3 is 2. The van der Waals surface area contributed by atoms with E-state index in [9.17, 15) is 13.6 Å². The Kier molecular flexibility index (Phi) is 8.95. The number of aryl methyl sites for hydroxylation is 4. The monoisotopic (exact) mass is 647 g/mol. The number of rotatable bonds is 4. The topological polar surface area (TPSA) is 111 Å². The molecule has 0 unspecified atom stereocenters. The number of hydrogen-bond donors (Lipinski definition) is 3. The number of carbonyl (C=O) groups excluding carboxylic acids is 1. The summed E-state index contributed by atoms with van der Waals surface area (Å²) in [6.07, 6.45) is 5.92. The van der Waals surface area contributed by atoms with Crippen LogP contribution in [0.15, 0.2) is 54.6 Å². The van der Waals surface area contributed by atoms with Crippen LogP contribution in [0.3, 0.4) is 0 Å². The van der Waals surface area contributed by atoms with Crippen LogP contribution < -0.4 is 25.8 Å². The number of nitrogen functional groups attached to an aromatic ring is 1. The van der Waals surface area contributed by atoms with Crippen LogP contribution in [-0.4, -0.2) is 30.2 Å². The molecule has 2 aromatic heterocycles. The maximum absolute atomic E-state index is 13.7. The first kappa shape index (κ1) is 30.5. The Morgan fingerprint density at radius 1 is 0.778 bits per heavy atom. The summed E-state index contributed by atoms with van der Waals surface area (Å²) in [5.41, 5.74) is 12.2. The molecular formula is C33H31F2N5O3S2. The minimum absolute atomic E-state index is 0.370. The van der Waals surface area contributed by atoms with Gasteiger partial charge < -0.3 is 20.5 Å². The maximum Gasteiger partial charge on any atom is 0.325 e. The summed E-state index contributed by atoms with van der Waals surface area (Å²) in [4.78, 5) is 23.3. The second kappa shape index (κ2) is 13.2. The number of para-hydroxylation sites is 1. The lowest BCUT2D eigenvalue weighted by molar-refractivity contribution is 0.262. The molecule has 2 aliphatic carbocycles. The summed E-state index contributed by atoms with van der Waals surface area (Å²) in [7, 11) is 3.31. The van der Waals surface area contributed by atoms with Crippen molar-refractivity contribution in [2.75, 3.05) is 30.6 Å². The highest BCUT2D eigenvalue weighted by Gasteiger charge is 2.22. The predicted octanol–water partition coefficient (Wildman–Crippen LogP) is 8.12. The molecule has 0 saturated carbocycles. The first-order chi connectivity index (χ1) is 21.8. The lowest BCUT2D eigenvalue weighted by Gasteiger charge is -2.08. The van der Waals surface area contributed by atoms with Crippen LogP contribution >= 0.6 is 22.7 Å². The van der Waals surface area contributed by atoms with Gasteiger partial charge in [0.1, 0.15) is 28.8 Å². The summed E-state index contributed by atoms with van der Waals surface area (Å²) in [6.45, 7) is 0. The fourth-order valence-electron chi connectivity index (χ4n) is 5.51. The normalized spacial score (nSPS) is 13.0. The summed E-state index contributed by atoms with van der Waals surface area (Å²) >= 11 is 2.91. The molecule has 4 N–H and O–H groups in total. The van der Waals surface area contributed by atoms with Crippen LogP contribution in [0.5, 0.6) is 11.5 Å². The molecule has 0 spiro atoms. The summed E-state index contributed by atoms with van der Waals surface area (Å²) in [5, 5.41) is 5.81. The van der Waals surface area contributed by atoms with Gasteiger partial charge in [0.25, 0.3) is 0 Å². The van der Waals surface area contributed by atoms with E-state index in [4.69, 9.17) is 15.2 Å². The highest BCUT2D eigenvalue weighted by Crippen LogP contribution is 2.41. The van der Waals surface area contributed by atoms with Crippen molar-refractivity contribution in [1.82, 2.24) is 9.97 Å². The van der Waals surface area contributed by atoms with Gasteiger partial charge in [0.15, 0.2) is 10.3 Å². The number of nitrogens with two attached hydrogens (primary N) is 1. The molecule has 0 fully saturated rings. The van der Waals surface area contributed by atoms with E-state index >= 15 is 0 Å². The Balaban J connectivity index is 0.000000179. The van der Waals surface area contributed by atoms with Gasteiger partial charge in [-0.2, -0.15) is 0 Å². The molecule has 7 rings (SSSR count). The number of hydrogen-bond acceptors (Lipinski definition) is 8. The number of anilines is 3. The van der Waals surface area contributed by atoms with Crippen molar-refractivity contribution in [3.8, 4) is 32.4 Å². The zero-order chi connectivity index (χ0) is 31.5. The average Bonchev–Trinajstić information content (AvgIpc) is 3.51. The first-order valence-corrected chi connectivity index (χ1v) is 16.1. The molecule has 12 heteroatoms. The standard InChI is InChI=1S/C20H17F2N3O2S.C13H14N2OS/c1-27-12-9-8-11-4-2-7-16-18(13(11)10-12)28-20(23-16)25-19(26)24-17-14(21)5-3-6-15(17)22;1-16-9-6-5-8-3-2-4-11-12(10(8)7-9)17-13(14)15-11/h3,5-6,8-10H,2,4,7H2,1H3,(H2,23,24,25,26);5-7H,2-4H2,1H3,(H2,14,15). The van der Waals surface area contributed by atoms with Crippen LogP contribution in [0.2, 0.25) is 0 Å². The largest absolute Gasteiger partial charge is 0.497 e. The van der Waals surface area contributed by atoms with Gasteiger partial charge in [0.05, 0.1) is 35.4 Å². The molecule has 2 amide bonds. The molecule has 3 aromatic carbocycles. The minimum Gasteiger partial charge on any atom is -0.497 e. The second-order valence-electron chi connectivity index (χ2n) is 10.6. The lowest BCUT2D eigenvalue weighted by atomic mass is 10.0. The molecule has 8 nitrogen and oxygen atoms in total. The van der Waals surface area contributed by atoms with Crippen molar-refractivity contribution in [3.05, 3.63) is 88.7 Å². The van der Waals surface area contributed by atoms with E-state index in [1.54, 1.807) is 25.6 Å². The molecule has 0 atom stereocenters. The fourth-order valence-corrected chi connectivity index (χ4v) is 7.50. The van der Waals surface area contributed by atoms with Crippen molar-refractivity contribution in [2.45, 2.75) is 38.5 Å². The summed E-state index contributed by atoms with van der Waals surface area (Å²) < 4.78 is 38.0. The van der Waals surface area contributed by atoms with Gasteiger partial charge in [0, 0.05) is 11.1 Å². The number of benzene rings is 3. The Morgan fingerprint density at radius 2 is 1.33 bits per heavy atom. The number of amides is 2. The van der Waals surface area contributed by atoms with Crippen molar-refractivity contribution < 1.29 is 23.0 Å². The SMILES string of the molecule is COc1ccc2c(c1)-c1sc(N)nc1CCC2.COc1ccc2c(c1)-c1sc(NC(=O)Nc3c(F)cccc3F)nc1CCC2. The van der Waals surface area contributed by atoms with E-state index in [-0.39, 0.29) is 0 Å². The van der Waals surface area contributed by atoms with Crippen LogP contribution in [-0.2, 0) is 25.7 Å². The van der Waals surface area contributed by atoms with Gasteiger partial charge in [0.2, 0.25) is 0 Å². The Bertz CT molecular complexity index is 1850. The Morgan fingerprint density at radius 3 is 1.91 bits per heavy atom. The molecule has 0 saturated heterocycles. The quantitative estimate of drug-likeness (QED) is 0.182. The van der Waals surface area contributed by atoms with Gasteiger partial charge in [-0.15, -0.1) is 0 Å². The first-order valence-electron chi connectivity index (χ1n) is 14.4. The average molecular weight is 648 g/mol. The third-order valence-electron chi connectivity index (χ3n) is 7.68. The van der Waals surface area contributed by atoms with Gasteiger partial charge in [-0.05, 0) is 86.1 Å². The lowest BCUT2D eigenvalue weighted by Crippen LogP contribution is -2.20. The zero-order valence-corrected chi connectivity index (χ0v) is 26.3. The number of ether oxygens (including phenoxy) is 2. The number of aromatic nitrogens is 2. The molecule has 0 aliphatic heterocycles. The van der Waals surface area contributed by atoms with Crippen molar-refractivity contribution in [1.29, 1.82) is 0 Å². The molecule has 2 heterocycles. The fraction of sp³-hybridized carbons (Fsp3) is 0.242. The van der Waals surface area contributed by atoms with Crippen LogP contribution in [0, 0.1) is 11.6 Å². The summed E-state index contributed by atoms with van der Waals surface area (Å²) in [5.74, 6) is -0.0389. The van der Waals surface area contributed by atoms with E-state index in [0.29, 0.717) is 10.3 Å². The molecular weight excluding hydrogens is 617 g/mol. The van der Waals surface area contributed by atoms with E-state index in [1.165, 1.54) is 39.0 Å². The number of nitrogens with zero attached hydrogens (tertiary/aromatic N) is 2. The number of fused-ring (bicyclic) bond motifs is 6. The highest BCUT2D eigenvalue weighted by atomic mass is 32.1. The smallest absolute Gasteiger partial charge is 0.325 e. The number of halogens is 2. The number of nitrogens with one attached hydrogen (secondary N) is 2. The van der Waals surface area contributed by atoms with Crippen LogP contribution in [0.4, 0.5) is 29.5 Å². The van der Waals surface area contributed by atoms with Crippen molar-refractivity contribution >= 4 is 44.7 Å². The van der Waals surface area contributed by atoms with Gasteiger partial charge >= 0.3 is 6.03 Å². The number of carbonyl (C=O) groups is 1. The Hall–Kier alpha value is -4.55. The highest BCUT2D eigenvalue weighted by molar-refractivity contribution is 7.19. The number of thiazole rings is 2. The van der Waals surface area contributed by atoms with E-state index in [2.05, 4.69) is 32.7 Å². The molecule has 5 aromatic rings. The van der Waals surface area contributed by atoms with E-state index < -0.39 is 23.4 Å². The molecule has 232 valence electrons. The third kappa shape index (κ3) is 6.62. The third-order valence-corrected chi connectivity index (χ3v) is 9.68. The van der Waals surface area contributed by atoms with Gasteiger partial charge in [-0.3, -0.25) is 5.32 Å². The van der Waals surface area contributed by atoms with Crippen LogP contribution in [0.1, 0.15) is 35.4 Å². The van der Waals surface area contributed by atoms with Gasteiger partial charge in [-0.25, -0.2) is 23.5 Å².